The number of benzene rings is 1. The summed E-state index contributed by atoms with van der Waals surface area (Å²) in [6.45, 7) is 7.68. The SMILES string of the molecule is CCOC(=O)C(=Cc1cc(C)n(-c2ccc(Br)cc2)c1C)C(=O)OCC. The van der Waals surface area contributed by atoms with Crippen molar-refractivity contribution in [3.8, 4) is 5.69 Å². The largest absolute Gasteiger partial charge is 0.462 e. The highest BCUT2D eigenvalue weighted by molar-refractivity contribution is 9.10. The highest BCUT2D eigenvalue weighted by Crippen LogP contribution is 2.24. The molecule has 0 unspecified atom stereocenters. The molecule has 0 atom stereocenters. The quantitative estimate of drug-likeness (QED) is 0.302. The van der Waals surface area contributed by atoms with Crippen molar-refractivity contribution in [1.29, 1.82) is 0 Å². The van der Waals surface area contributed by atoms with Gasteiger partial charge in [-0.15, -0.1) is 0 Å². The molecule has 0 spiro atoms. The van der Waals surface area contributed by atoms with Crippen LogP contribution in [-0.2, 0) is 19.1 Å². The average molecular weight is 420 g/mol. The number of hydrogen-bond donors (Lipinski definition) is 0. The molecule has 1 heterocycles. The molecule has 2 rings (SSSR count). The molecule has 0 fully saturated rings. The van der Waals surface area contributed by atoms with E-state index in [0.29, 0.717) is 0 Å². The Morgan fingerprint density at radius 1 is 1.04 bits per heavy atom. The zero-order valence-corrected chi connectivity index (χ0v) is 16.9. The molecule has 5 nitrogen and oxygen atoms in total. The second-order valence-electron chi connectivity index (χ2n) is 5.64. The number of carbonyl (C=O) groups excluding carboxylic acids is 2. The van der Waals surface area contributed by atoms with E-state index in [-0.39, 0.29) is 18.8 Å². The van der Waals surface area contributed by atoms with Crippen LogP contribution in [0.15, 0.2) is 40.4 Å². The van der Waals surface area contributed by atoms with Crippen LogP contribution in [0.5, 0.6) is 0 Å². The number of ether oxygens (including phenoxy) is 2. The molecule has 0 aliphatic heterocycles. The lowest BCUT2D eigenvalue weighted by molar-refractivity contribution is -0.146. The van der Waals surface area contributed by atoms with Gasteiger partial charge in [-0.2, -0.15) is 0 Å². The average Bonchev–Trinajstić information content (AvgIpc) is 2.87. The van der Waals surface area contributed by atoms with Gasteiger partial charge < -0.3 is 14.0 Å². The van der Waals surface area contributed by atoms with Crippen molar-refractivity contribution >= 4 is 33.9 Å². The Morgan fingerprint density at radius 3 is 2.08 bits per heavy atom. The smallest absolute Gasteiger partial charge is 0.345 e. The van der Waals surface area contributed by atoms with E-state index < -0.39 is 11.9 Å². The van der Waals surface area contributed by atoms with E-state index in [2.05, 4.69) is 20.5 Å². The van der Waals surface area contributed by atoms with Crippen molar-refractivity contribution in [2.24, 2.45) is 0 Å². The van der Waals surface area contributed by atoms with E-state index in [1.54, 1.807) is 13.8 Å². The predicted molar refractivity (Wildman–Crippen MR) is 104 cm³/mol. The van der Waals surface area contributed by atoms with Crippen molar-refractivity contribution in [1.82, 2.24) is 4.57 Å². The molecule has 0 N–H and O–H groups in total. The van der Waals surface area contributed by atoms with E-state index in [4.69, 9.17) is 9.47 Å². The van der Waals surface area contributed by atoms with Gasteiger partial charge in [0.2, 0.25) is 0 Å². The molecule has 6 heteroatoms. The molecule has 26 heavy (non-hydrogen) atoms. The number of rotatable bonds is 6. The van der Waals surface area contributed by atoms with Crippen LogP contribution in [0.1, 0.15) is 30.8 Å². The molecule has 1 aromatic carbocycles. The molecule has 0 saturated heterocycles. The fraction of sp³-hybridized carbons (Fsp3) is 0.300. The molecule has 0 radical (unpaired) electrons. The van der Waals surface area contributed by atoms with Crippen LogP contribution >= 0.6 is 15.9 Å². The summed E-state index contributed by atoms with van der Waals surface area (Å²) in [6.07, 6.45) is 1.54. The first-order chi connectivity index (χ1) is 12.4. The maximum absolute atomic E-state index is 12.2. The van der Waals surface area contributed by atoms with Crippen LogP contribution in [0.3, 0.4) is 0 Å². The van der Waals surface area contributed by atoms with Gasteiger partial charge in [0.1, 0.15) is 5.57 Å². The molecule has 0 saturated carbocycles. The number of halogens is 1. The third-order valence-electron chi connectivity index (χ3n) is 3.85. The van der Waals surface area contributed by atoms with Crippen LogP contribution in [0.25, 0.3) is 11.8 Å². The lowest BCUT2D eigenvalue weighted by atomic mass is 10.1. The number of aryl methyl sites for hydroxylation is 1. The first kappa shape index (κ1) is 20.0. The normalized spacial score (nSPS) is 10.3. The van der Waals surface area contributed by atoms with Gasteiger partial charge in [0.15, 0.2) is 0 Å². The summed E-state index contributed by atoms with van der Waals surface area (Å²) in [5.74, 6) is -1.36. The van der Waals surface area contributed by atoms with E-state index in [9.17, 15) is 9.59 Å². The maximum Gasteiger partial charge on any atom is 0.345 e. The van der Waals surface area contributed by atoms with E-state index in [1.807, 2.05) is 44.2 Å². The van der Waals surface area contributed by atoms with Crippen LogP contribution in [0, 0.1) is 13.8 Å². The summed E-state index contributed by atoms with van der Waals surface area (Å²) in [4.78, 5) is 24.3. The first-order valence-electron chi connectivity index (χ1n) is 8.39. The van der Waals surface area contributed by atoms with Gasteiger partial charge in [0, 0.05) is 21.5 Å². The number of aromatic nitrogens is 1. The Kier molecular flexibility index (Phi) is 6.80. The molecule has 2 aromatic rings. The van der Waals surface area contributed by atoms with Crippen molar-refractivity contribution in [3.05, 3.63) is 57.3 Å². The second-order valence-corrected chi connectivity index (χ2v) is 6.55. The number of hydrogen-bond acceptors (Lipinski definition) is 4. The monoisotopic (exact) mass is 419 g/mol. The number of carbonyl (C=O) groups is 2. The second kappa shape index (κ2) is 8.85. The third kappa shape index (κ3) is 4.43. The molecular formula is C20H22BrNO4. The Labute approximate surface area is 161 Å². The number of nitrogens with zero attached hydrogens (tertiary/aromatic N) is 1. The van der Waals surface area contributed by atoms with Gasteiger partial charge in [-0.3, -0.25) is 0 Å². The van der Waals surface area contributed by atoms with Crippen molar-refractivity contribution in [2.45, 2.75) is 27.7 Å². The van der Waals surface area contributed by atoms with Crippen molar-refractivity contribution in [3.63, 3.8) is 0 Å². The Hall–Kier alpha value is -2.34. The van der Waals surface area contributed by atoms with Gasteiger partial charge in [-0.25, -0.2) is 9.59 Å². The standard InChI is InChI=1S/C20H22BrNO4/c1-5-25-19(23)18(20(24)26-6-2)12-15-11-13(3)22(14(15)4)17-9-7-16(21)8-10-17/h7-12H,5-6H2,1-4H3. The Bertz CT molecular complexity index is 814. The van der Waals surface area contributed by atoms with E-state index in [0.717, 1.165) is 27.1 Å². The fourth-order valence-corrected chi connectivity index (χ4v) is 2.96. The third-order valence-corrected chi connectivity index (χ3v) is 4.37. The summed E-state index contributed by atoms with van der Waals surface area (Å²) in [5, 5.41) is 0. The molecule has 0 amide bonds. The maximum atomic E-state index is 12.2. The Balaban J connectivity index is 2.50. The van der Waals surface area contributed by atoms with Gasteiger partial charge >= 0.3 is 11.9 Å². The van der Waals surface area contributed by atoms with Gasteiger partial charge in [-0.1, -0.05) is 15.9 Å². The summed E-state index contributed by atoms with van der Waals surface area (Å²) >= 11 is 3.43. The van der Waals surface area contributed by atoms with Crippen LogP contribution < -0.4 is 0 Å². The minimum absolute atomic E-state index is 0.107. The number of esters is 2. The van der Waals surface area contributed by atoms with Crippen LogP contribution in [0.4, 0.5) is 0 Å². The highest BCUT2D eigenvalue weighted by atomic mass is 79.9. The van der Waals surface area contributed by atoms with E-state index >= 15 is 0 Å². The van der Waals surface area contributed by atoms with Gasteiger partial charge in [0.05, 0.1) is 13.2 Å². The molecule has 1 aromatic heterocycles. The molecule has 0 aliphatic rings. The first-order valence-corrected chi connectivity index (χ1v) is 9.19. The molecule has 0 bridgehead atoms. The summed E-state index contributed by atoms with van der Waals surface area (Å²) in [6, 6.07) is 9.85. The van der Waals surface area contributed by atoms with Crippen LogP contribution in [0.2, 0.25) is 0 Å². The van der Waals surface area contributed by atoms with Crippen molar-refractivity contribution < 1.29 is 19.1 Å². The zero-order chi connectivity index (χ0) is 19.3. The lowest BCUT2D eigenvalue weighted by Crippen LogP contribution is -2.18. The van der Waals surface area contributed by atoms with Gasteiger partial charge in [-0.05, 0) is 69.7 Å². The van der Waals surface area contributed by atoms with E-state index in [1.165, 1.54) is 6.08 Å². The topological polar surface area (TPSA) is 57.5 Å². The highest BCUT2D eigenvalue weighted by Gasteiger charge is 2.22. The molecule has 0 aliphatic carbocycles. The Morgan fingerprint density at radius 2 is 1.58 bits per heavy atom. The summed E-state index contributed by atoms with van der Waals surface area (Å²) < 4.78 is 13.1. The summed E-state index contributed by atoms with van der Waals surface area (Å²) in [7, 11) is 0. The van der Waals surface area contributed by atoms with Gasteiger partial charge in [0.25, 0.3) is 0 Å². The lowest BCUT2D eigenvalue weighted by Gasteiger charge is -2.10. The summed E-state index contributed by atoms with van der Waals surface area (Å²) in [5.41, 5.74) is 3.56. The zero-order valence-electron chi connectivity index (χ0n) is 15.3. The molecule has 138 valence electrons. The minimum Gasteiger partial charge on any atom is -0.462 e. The van der Waals surface area contributed by atoms with Crippen molar-refractivity contribution in [2.75, 3.05) is 13.2 Å². The minimum atomic E-state index is -0.681. The fourth-order valence-electron chi connectivity index (χ4n) is 2.70. The predicted octanol–water partition coefficient (Wildman–Crippen LogP) is 4.37. The van der Waals surface area contributed by atoms with Crippen LogP contribution in [-0.4, -0.2) is 29.7 Å². The molecular weight excluding hydrogens is 398 g/mol.